The van der Waals surface area contributed by atoms with E-state index in [1.165, 1.54) is 0 Å². The number of nitrogens with one attached hydrogen (secondary N) is 1. The first kappa shape index (κ1) is 20.4. The zero-order valence-electron chi connectivity index (χ0n) is 17.1. The van der Waals surface area contributed by atoms with Gasteiger partial charge in [0.05, 0.1) is 13.1 Å². The molecule has 5 nitrogen and oxygen atoms in total. The van der Waals surface area contributed by atoms with Crippen molar-refractivity contribution >= 4 is 17.3 Å². The molecule has 29 heavy (non-hydrogen) atoms. The van der Waals surface area contributed by atoms with Crippen LogP contribution in [0.5, 0.6) is 0 Å². The van der Waals surface area contributed by atoms with E-state index >= 15 is 0 Å². The van der Waals surface area contributed by atoms with Crippen LogP contribution in [0.15, 0.2) is 59.1 Å². The predicted molar refractivity (Wildman–Crippen MR) is 118 cm³/mol. The maximum atomic E-state index is 12.9. The van der Waals surface area contributed by atoms with Crippen molar-refractivity contribution < 1.29 is 9.32 Å². The summed E-state index contributed by atoms with van der Waals surface area (Å²) in [7, 11) is 0. The summed E-state index contributed by atoms with van der Waals surface area (Å²) in [5.41, 5.74) is 3.67. The molecule has 3 aromatic rings. The van der Waals surface area contributed by atoms with Crippen molar-refractivity contribution in [2.75, 3.05) is 25.0 Å². The highest BCUT2D eigenvalue weighted by atomic mass is 16.5. The molecule has 0 unspecified atom stereocenters. The summed E-state index contributed by atoms with van der Waals surface area (Å²) >= 11 is 0. The number of hydrogen-bond acceptors (Lipinski definition) is 3. The van der Waals surface area contributed by atoms with E-state index in [0.29, 0.717) is 33.7 Å². The number of carbonyl (C=O) groups excluding carboxylic acids is 1. The Bertz CT molecular complexity index is 1010. The van der Waals surface area contributed by atoms with Crippen molar-refractivity contribution in [3.8, 4) is 23.6 Å². The minimum atomic E-state index is -0.245. The number of aromatic nitrogens is 1. The number of nitrogens with zero attached hydrogens (tertiary/aromatic N) is 2. The van der Waals surface area contributed by atoms with Gasteiger partial charge in [-0.05, 0) is 38.8 Å². The number of rotatable bonds is 7. The molecular formula is C24H26N3O2+. The van der Waals surface area contributed by atoms with E-state index in [4.69, 9.17) is 10.9 Å². The number of quaternary nitrogens is 1. The van der Waals surface area contributed by atoms with Gasteiger partial charge in [0, 0.05) is 23.4 Å². The largest absolute Gasteiger partial charge is 0.360 e. The number of carbonyl (C=O) groups is 1. The van der Waals surface area contributed by atoms with E-state index in [-0.39, 0.29) is 5.91 Å². The summed E-state index contributed by atoms with van der Waals surface area (Å²) in [5.74, 6) is 3.03. The van der Waals surface area contributed by atoms with Gasteiger partial charge in [0.25, 0.3) is 5.91 Å². The quantitative estimate of drug-likeness (QED) is 0.463. The zero-order valence-corrected chi connectivity index (χ0v) is 17.1. The monoisotopic (exact) mass is 388 g/mol. The van der Waals surface area contributed by atoms with Crippen LogP contribution in [-0.4, -0.2) is 30.7 Å². The van der Waals surface area contributed by atoms with E-state index in [2.05, 4.69) is 30.2 Å². The fourth-order valence-corrected chi connectivity index (χ4v) is 3.57. The molecule has 1 N–H and O–H groups in total. The van der Waals surface area contributed by atoms with E-state index in [1.807, 2.05) is 54.6 Å². The molecule has 0 saturated carbocycles. The van der Waals surface area contributed by atoms with Crippen molar-refractivity contribution in [2.24, 2.45) is 0 Å². The molecule has 3 rings (SSSR count). The lowest BCUT2D eigenvalue weighted by molar-refractivity contribution is 0.102. The summed E-state index contributed by atoms with van der Waals surface area (Å²) < 4.78 is 6.01. The average molecular weight is 388 g/mol. The SMILES string of the molecule is C#CC[N+](CC)(CC)c1ccc(NC(=O)c2c(-c3ccccc3)noc2C)cc1. The van der Waals surface area contributed by atoms with Gasteiger partial charge in [0.2, 0.25) is 0 Å². The van der Waals surface area contributed by atoms with Crippen molar-refractivity contribution in [3.63, 3.8) is 0 Å². The second kappa shape index (κ2) is 8.76. The average Bonchev–Trinajstić information content (AvgIpc) is 3.15. The third-order valence-electron chi connectivity index (χ3n) is 5.41. The van der Waals surface area contributed by atoms with Crippen LogP contribution in [0.3, 0.4) is 0 Å². The number of hydrogen-bond donors (Lipinski definition) is 1. The Morgan fingerprint density at radius 3 is 2.34 bits per heavy atom. The van der Waals surface area contributed by atoms with Crippen LogP contribution in [0.25, 0.3) is 11.3 Å². The van der Waals surface area contributed by atoms with Crippen molar-refractivity contribution in [2.45, 2.75) is 20.8 Å². The van der Waals surface area contributed by atoms with Crippen molar-refractivity contribution in [1.29, 1.82) is 0 Å². The van der Waals surface area contributed by atoms with Gasteiger partial charge < -0.3 is 9.84 Å². The van der Waals surface area contributed by atoms with Gasteiger partial charge in [0.1, 0.15) is 29.2 Å². The molecule has 1 heterocycles. The minimum Gasteiger partial charge on any atom is -0.360 e. The molecule has 0 radical (unpaired) electrons. The third kappa shape index (κ3) is 4.08. The van der Waals surface area contributed by atoms with Gasteiger partial charge in [-0.25, -0.2) is 0 Å². The zero-order chi connectivity index (χ0) is 20.9. The number of amides is 1. The molecule has 0 fully saturated rings. The van der Waals surface area contributed by atoms with E-state index < -0.39 is 0 Å². The standard InChI is InChI=1S/C24H25N3O2/c1-5-17-27(6-2,7-3)21-15-13-20(14-16-21)25-24(28)22-18(4)29-26-23(22)19-11-9-8-10-12-19/h1,8-16H,6-7,17H2,2-4H3/p+1. The minimum absolute atomic E-state index is 0.245. The normalized spacial score (nSPS) is 11.1. The third-order valence-corrected chi connectivity index (χ3v) is 5.41. The number of anilines is 1. The maximum Gasteiger partial charge on any atom is 0.261 e. The smallest absolute Gasteiger partial charge is 0.261 e. The molecule has 0 aliphatic rings. The lowest BCUT2D eigenvalue weighted by Crippen LogP contribution is -2.49. The summed E-state index contributed by atoms with van der Waals surface area (Å²) in [6.07, 6.45) is 5.59. The Kier molecular flexibility index (Phi) is 6.16. The molecule has 2 aromatic carbocycles. The van der Waals surface area contributed by atoms with Crippen LogP contribution in [0.4, 0.5) is 11.4 Å². The summed E-state index contributed by atoms with van der Waals surface area (Å²) in [4.78, 5) is 12.9. The predicted octanol–water partition coefficient (Wildman–Crippen LogP) is 4.88. The Hall–Kier alpha value is -3.36. The fraction of sp³-hybridized carbons (Fsp3) is 0.250. The highest BCUT2D eigenvalue weighted by Gasteiger charge is 2.26. The molecular weight excluding hydrogens is 362 g/mol. The number of terminal acetylenes is 1. The summed E-state index contributed by atoms with van der Waals surface area (Å²) in [6.45, 7) is 8.47. The molecule has 0 bridgehead atoms. The van der Waals surface area contributed by atoms with Gasteiger partial charge in [-0.15, -0.1) is 6.42 Å². The number of benzene rings is 2. The molecule has 0 aliphatic heterocycles. The van der Waals surface area contributed by atoms with Crippen molar-refractivity contribution in [3.05, 3.63) is 65.9 Å². The van der Waals surface area contributed by atoms with Crippen molar-refractivity contribution in [1.82, 2.24) is 9.64 Å². The first-order chi connectivity index (χ1) is 14.0. The molecule has 0 saturated heterocycles. The lowest BCUT2D eigenvalue weighted by Gasteiger charge is -2.34. The maximum absolute atomic E-state index is 12.9. The van der Waals surface area contributed by atoms with E-state index in [1.54, 1.807) is 6.92 Å². The van der Waals surface area contributed by atoms with Crippen LogP contribution < -0.4 is 9.80 Å². The van der Waals surface area contributed by atoms with Crippen LogP contribution in [0, 0.1) is 19.3 Å². The second-order valence-electron chi connectivity index (χ2n) is 6.97. The van der Waals surface area contributed by atoms with Gasteiger partial charge >= 0.3 is 0 Å². The summed E-state index contributed by atoms with van der Waals surface area (Å²) in [5, 5.41) is 7.04. The van der Waals surface area contributed by atoms with Crippen LogP contribution in [-0.2, 0) is 0 Å². The second-order valence-corrected chi connectivity index (χ2v) is 6.97. The highest BCUT2D eigenvalue weighted by molar-refractivity contribution is 6.08. The molecule has 0 aliphatic carbocycles. The van der Waals surface area contributed by atoms with Gasteiger partial charge in [0.15, 0.2) is 0 Å². The molecule has 1 amide bonds. The lowest BCUT2D eigenvalue weighted by atomic mass is 10.1. The molecule has 0 atom stereocenters. The Labute approximate surface area is 171 Å². The highest BCUT2D eigenvalue weighted by Crippen LogP contribution is 2.28. The number of aryl methyl sites for hydroxylation is 1. The fourth-order valence-electron chi connectivity index (χ4n) is 3.57. The Morgan fingerprint density at radius 1 is 1.10 bits per heavy atom. The van der Waals surface area contributed by atoms with Crippen LogP contribution >= 0.6 is 0 Å². The van der Waals surface area contributed by atoms with E-state index in [0.717, 1.165) is 24.3 Å². The first-order valence-corrected chi connectivity index (χ1v) is 9.78. The molecule has 148 valence electrons. The molecule has 0 spiro atoms. The van der Waals surface area contributed by atoms with E-state index in [9.17, 15) is 4.79 Å². The molecule has 5 heteroatoms. The van der Waals surface area contributed by atoms with Gasteiger partial charge in [-0.1, -0.05) is 35.5 Å². The summed E-state index contributed by atoms with van der Waals surface area (Å²) in [6, 6.07) is 17.4. The Balaban J connectivity index is 1.84. The van der Waals surface area contributed by atoms with Crippen LogP contribution in [0.1, 0.15) is 30.0 Å². The topological polar surface area (TPSA) is 55.1 Å². The molecule has 1 aromatic heterocycles. The Morgan fingerprint density at radius 2 is 1.76 bits per heavy atom. The van der Waals surface area contributed by atoms with Gasteiger partial charge in [-0.2, -0.15) is 0 Å². The first-order valence-electron chi connectivity index (χ1n) is 9.78. The van der Waals surface area contributed by atoms with Gasteiger partial charge in [-0.3, -0.25) is 9.28 Å². The van der Waals surface area contributed by atoms with Crippen LogP contribution in [0.2, 0.25) is 0 Å².